The summed E-state index contributed by atoms with van der Waals surface area (Å²) < 4.78 is 5.64. The molecule has 0 saturated heterocycles. The van der Waals surface area contributed by atoms with Crippen molar-refractivity contribution in [2.24, 2.45) is 5.73 Å². The Labute approximate surface area is 122 Å². The Morgan fingerprint density at radius 1 is 1.26 bits per heavy atom. The van der Waals surface area contributed by atoms with Gasteiger partial charge < -0.3 is 10.5 Å². The molecule has 1 unspecified atom stereocenters. The van der Waals surface area contributed by atoms with Gasteiger partial charge in [-0.05, 0) is 30.7 Å². The van der Waals surface area contributed by atoms with Gasteiger partial charge in [-0.15, -0.1) is 0 Å². The highest BCUT2D eigenvalue weighted by atomic mass is 35.5. The summed E-state index contributed by atoms with van der Waals surface area (Å²) >= 11 is 12.0. The second-order valence-corrected chi connectivity index (χ2v) is 4.87. The maximum absolute atomic E-state index is 6.05. The van der Waals surface area contributed by atoms with Crippen molar-refractivity contribution < 1.29 is 4.74 Å². The molecule has 1 aromatic carbocycles. The van der Waals surface area contributed by atoms with Gasteiger partial charge in [0.05, 0.1) is 16.9 Å². The van der Waals surface area contributed by atoms with Crippen LogP contribution in [0.4, 0.5) is 0 Å². The number of halogens is 2. The van der Waals surface area contributed by atoms with Crippen LogP contribution in [-0.4, -0.2) is 4.98 Å². The molecule has 0 radical (unpaired) electrons. The van der Waals surface area contributed by atoms with Crippen LogP contribution in [0.1, 0.15) is 25.1 Å². The molecule has 0 aliphatic heterocycles. The van der Waals surface area contributed by atoms with E-state index in [2.05, 4.69) is 4.98 Å². The summed E-state index contributed by atoms with van der Waals surface area (Å²) in [6.45, 7) is 2.02. The molecule has 5 heteroatoms. The summed E-state index contributed by atoms with van der Waals surface area (Å²) in [5, 5.41) is 0.843. The van der Waals surface area contributed by atoms with Crippen LogP contribution < -0.4 is 10.5 Å². The van der Waals surface area contributed by atoms with Crippen LogP contribution >= 0.6 is 23.2 Å². The smallest absolute Gasteiger partial charge is 0.147 e. The molecule has 0 saturated carbocycles. The van der Waals surface area contributed by atoms with Gasteiger partial charge in [-0.2, -0.15) is 0 Å². The van der Waals surface area contributed by atoms with E-state index in [0.717, 1.165) is 12.1 Å². The summed E-state index contributed by atoms with van der Waals surface area (Å²) in [6, 6.07) is 8.84. The van der Waals surface area contributed by atoms with Crippen LogP contribution in [0.2, 0.25) is 10.0 Å². The van der Waals surface area contributed by atoms with Gasteiger partial charge in [-0.1, -0.05) is 36.2 Å². The van der Waals surface area contributed by atoms with E-state index in [4.69, 9.17) is 33.7 Å². The van der Waals surface area contributed by atoms with Gasteiger partial charge in [-0.3, -0.25) is 4.98 Å². The van der Waals surface area contributed by atoms with Gasteiger partial charge in [0.1, 0.15) is 16.5 Å². The van der Waals surface area contributed by atoms with Crippen LogP contribution in [0, 0.1) is 0 Å². The van der Waals surface area contributed by atoms with Gasteiger partial charge in [0, 0.05) is 6.04 Å². The quantitative estimate of drug-likeness (QED) is 0.897. The van der Waals surface area contributed by atoms with E-state index in [9.17, 15) is 0 Å². The molecule has 100 valence electrons. The molecule has 1 aromatic heterocycles. The Morgan fingerprint density at radius 2 is 2.05 bits per heavy atom. The highest BCUT2D eigenvalue weighted by Crippen LogP contribution is 2.34. The Hall–Kier alpha value is -1.29. The first-order chi connectivity index (χ1) is 9.11. The van der Waals surface area contributed by atoms with Gasteiger partial charge in [0.25, 0.3) is 0 Å². The fraction of sp³-hybridized carbons (Fsp3) is 0.214. The molecule has 2 N–H and O–H groups in total. The average molecular weight is 297 g/mol. The highest BCUT2D eigenvalue weighted by Gasteiger charge is 2.08. The highest BCUT2D eigenvalue weighted by molar-refractivity contribution is 6.42. The molecule has 0 fully saturated rings. The van der Waals surface area contributed by atoms with E-state index in [-0.39, 0.29) is 6.04 Å². The minimum Gasteiger partial charge on any atom is -0.454 e. The van der Waals surface area contributed by atoms with E-state index in [1.807, 2.05) is 19.1 Å². The lowest BCUT2D eigenvalue weighted by Gasteiger charge is -2.10. The maximum atomic E-state index is 6.05. The molecule has 2 rings (SSSR count). The van der Waals surface area contributed by atoms with Crippen LogP contribution in [0.15, 0.2) is 36.5 Å². The second kappa shape index (κ2) is 6.24. The third-order valence-corrected chi connectivity index (χ3v) is 3.52. The molecular weight excluding hydrogens is 283 g/mol. The monoisotopic (exact) mass is 296 g/mol. The Kier molecular flexibility index (Phi) is 4.64. The fourth-order valence-corrected chi connectivity index (χ4v) is 1.90. The third kappa shape index (κ3) is 3.38. The molecule has 19 heavy (non-hydrogen) atoms. The van der Waals surface area contributed by atoms with Crippen LogP contribution in [0.3, 0.4) is 0 Å². The number of aromatic nitrogens is 1. The average Bonchev–Trinajstić information content (AvgIpc) is 2.44. The van der Waals surface area contributed by atoms with Gasteiger partial charge in [0.2, 0.25) is 0 Å². The first kappa shape index (κ1) is 14.1. The zero-order valence-electron chi connectivity index (χ0n) is 10.4. The molecule has 0 aliphatic carbocycles. The van der Waals surface area contributed by atoms with Crippen LogP contribution in [-0.2, 0) is 0 Å². The first-order valence-corrected chi connectivity index (χ1v) is 6.70. The predicted molar refractivity (Wildman–Crippen MR) is 78.0 cm³/mol. The summed E-state index contributed by atoms with van der Waals surface area (Å²) in [6.07, 6.45) is 2.47. The minimum absolute atomic E-state index is 0.0520. The van der Waals surface area contributed by atoms with Crippen molar-refractivity contribution in [3.63, 3.8) is 0 Å². The Bertz CT molecular complexity index is 558. The molecule has 0 bridgehead atoms. The van der Waals surface area contributed by atoms with E-state index in [0.29, 0.717) is 21.5 Å². The lowest BCUT2D eigenvalue weighted by molar-refractivity contribution is 0.479. The minimum atomic E-state index is -0.0520. The molecular formula is C14H14Cl2N2O. The zero-order chi connectivity index (χ0) is 13.8. The van der Waals surface area contributed by atoms with Gasteiger partial charge >= 0.3 is 0 Å². The van der Waals surface area contributed by atoms with E-state index < -0.39 is 0 Å². The summed E-state index contributed by atoms with van der Waals surface area (Å²) in [5.41, 5.74) is 6.74. The van der Waals surface area contributed by atoms with E-state index >= 15 is 0 Å². The summed E-state index contributed by atoms with van der Waals surface area (Å²) in [4.78, 5) is 4.27. The van der Waals surface area contributed by atoms with Crippen molar-refractivity contribution in [1.29, 1.82) is 0 Å². The zero-order valence-corrected chi connectivity index (χ0v) is 11.9. The van der Waals surface area contributed by atoms with E-state index in [1.54, 1.807) is 24.4 Å². The fourth-order valence-electron chi connectivity index (χ4n) is 1.57. The molecule has 1 atom stereocenters. The first-order valence-electron chi connectivity index (χ1n) is 5.95. The largest absolute Gasteiger partial charge is 0.454 e. The van der Waals surface area contributed by atoms with Crippen LogP contribution in [0.25, 0.3) is 0 Å². The lowest BCUT2D eigenvalue weighted by atomic mass is 10.1. The summed E-state index contributed by atoms with van der Waals surface area (Å²) in [5.74, 6) is 1.10. The second-order valence-electron chi connectivity index (χ2n) is 4.09. The normalized spacial score (nSPS) is 12.2. The van der Waals surface area contributed by atoms with Crippen molar-refractivity contribution in [2.75, 3.05) is 0 Å². The SMILES string of the molecule is CCC(N)c1ccc(Oc2cccc(Cl)c2Cl)cn1. The standard InChI is InChI=1S/C14H14Cl2N2O/c1-2-11(17)12-7-6-9(8-18-12)19-13-5-3-4-10(15)14(13)16/h3-8,11H,2,17H2,1H3. The number of nitrogens with zero attached hydrogens (tertiary/aromatic N) is 1. The number of benzene rings is 1. The van der Waals surface area contributed by atoms with Crippen molar-refractivity contribution in [2.45, 2.75) is 19.4 Å². The number of ether oxygens (including phenoxy) is 1. The Balaban J connectivity index is 2.18. The molecule has 0 amide bonds. The van der Waals surface area contributed by atoms with E-state index in [1.165, 1.54) is 0 Å². The summed E-state index contributed by atoms with van der Waals surface area (Å²) in [7, 11) is 0. The number of pyridine rings is 1. The van der Waals surface area contributed by atoms with Gasteiger partial charge in [0.15, 0.2) is 0 Å². The Morgan fingerprint density at radius 3 is 2.68 bits per heavy atom. The predicted octanol–water partition coefficient (Wildman–Crippen LogP) is 4.59. The molecule has 1 heterocycles. The topological polar surface area (TPSA) is 48.1 Å². The number of rotatable bonds is 4. The molecule has 0 aliphatic rings. The lowest BCUT2D eigenvalue weighted by Crippen LogP contribution is -2.10. The molecule has 2 aromatic rings. The van der Waals surface area contributed by atoms with Gasteiger partial charge in [-0.25, -0.2) is 0 Å². The number of nitrogens with two attached hydrogens (primary N) is 1. The maximum Gasteiger partial charge on any atom is 0.147 e. The number of hydrogen-bond donors (Lipinski definition) is 1. The number of hydrogen-bond acceptors (Lipinski definition) is 3. The molecule has 3 nitrogen and oxygen atoms in total. The van der Waals surface area contributed by atoms with Crippen molar-refractivity contribution in [3.05, 3.63) is 52.3 Å². The molecule has 0 spiro atoms. The van der Waals surface area contributed by atoms with Crippen molar-refractivity contribution in [3.8, 4) is 11.5 Å². The van der Waals surface area contributed by atoms with Crippen molar-refractivity contribution >= 4 is 23.2 Å². The third-order valence-electron chi connectivity index (χ3n) is 2.72. The van der Waals surface area contributed by atoms with Crippen LogP contribution in [0.5, 0.6) is 11.5 Å². The van der Waals surface area contributed by atoms with Crippen molar-refractivity contribution in [1.82, 2.24) is 4.98 Å².